The van der Waals surface area contributed by atoms with Crippen molar-refractivity contribution < 1.29 is 4.79 Å². The molecular formula is C12H15Cl2N3O. The number of halogens is 2. The number of urea groups is 1. The SMILES string of the molecule is O=C(Nc1cc(Cl)cc(Cl)c1)N1CCCCCN1. The Labute approximate surface area is 116 Å². The van der Waals surface area contributed by atoms with Crippen LogP contribution >= 0.6 is 23.2 Å². The number of hydrogen-bond donors (Lipinski definition) is 2. The summed E-state index contributed by atoms with van der Waals surface area (Å²) in [5.41, 5.74) is 3.69. The fourth-order valence-corrected chi connectivity index (χ4v) is 2.38. The lowest BCUT2D eigenvalue weighted by atomic mass is 10.2. The number of nitrogens with zero attached hydrogens (tertiary/aromatic N) is 1. The topological polar surface area (TPSA) is 44.4 Å². The van der Waals surface area contributed by atoms with Crippen LogP contribution in [-0.2, 0) is 0 Å². The van der Waals surface area contributed by atoms with E-state index in [1.807, 2.05) is 0 Å². The molecule has 98 valence electrons. The van der Waals surface area contributed by atoms with E-state index in [1.54, 1.807) is 23.2 Å². The highest BCUT2D eigenvalue weighted by atomic mass is 35.5. The van der Waals surface area contributed by atoms with Gasteiger partial charge in [0.05, 0.1) is 0 Å². The van der Waals surface area contributed by atoms with Crippen molar-refractivity contribution in [1.29, 1.82) is 0 Å². The van der Waals surface area contributed by atoms with Gasteiger partial charge in [-0.3, -0.25) is 5.01 Å². The van der Waals surface area contributed by atoms with Crippen molar-refractivity contribution in [2.24, 2.45) is 0 Å². The van der Waals surface area contributed by atoms with Gasteiger partial charge in [-0.05, 0) is 31.0 Å². The predicted molar refractivity (Wildman–Crippen MR) is 74.0 cm³/mol. The zero-order valence-corrected chi connectivity index (χ0v) is 11.4. The minimum Gasteiger partial charge on any atom is -0.307 e. The maximum absolute atomic E-state index is 12.0. The van der Waals surface area contributed by atoms with Crippen molar-refractivity contribution in [3.63, 3.8) is 0 Å². The molecule has 0 bridgehead atoms. The lowest BCUT2D eigenvalue weighted by molar-refractivity contribution is 0.189. The van der Waals surface area contributed by atoms with Crippen LogP contribution < -0.4 is 10.7 Å². The van der Waals surface area contributed by atoms with Crippen LogP contribution in [0.2, 0.25) is 10.0 Å². The molecule has 0 radical (unpaired) electrons. The molecule has 6 heteroatoms. The molecule has 0 aromatic heterocycles. The zero-order valence-electron chi connectivity index (χ0n) is 9.88. The number of carbonyl (C=O) groups excluding carboxylic acids is 1. The van der Waals surface area contributed by atoms with Crippen molar-refractivity contribution in [2.75, 3.05) is 18.4 Å². The number of hydrazine groups is 1. The van der Waals surface area contributed by atoms with Crippen LogP contribution in [0.4, 0.5) is 10.5 Å². The van der Waals surface area contributed by atoms with Crippen molar-refractivity contribution in [3.05, 3.63) is 28.2 Å². The molecule has 0 spiro atoms. The van der Waals surface area contributed by atoms with Gasteiger partial charge in [-0.25, -0.2) is 10.2 Å². The molecule has 0 atom stereocenters. The Balaban J connectivity index is 2.01. The van der Waals surface area contributed by atoms with E-state index in [-0.39, 0.29) is 6.03 Å². The third-order valence-corrected chi connectivity index (χ3v) is 3.16. The highest BCUT2D eigenvalue weighted by molar-refractivity contribution is 6.35. The first-order valence-corrected chi connectivity index (χ1v) is 6.69. The summed E-state index contributed by atoms with van der Waals surface area (Å²) < 4.78 is 0. The van der Waals surface area contributed by atoms with E-state index in [0.717, 1.165) is 25.8 Å². The summed E-state index contributed by atoms with van der Waals surface area (Å²) >= 11 is 11.8. The van der Waals surface area contributed by atoms with Crippen LogP contribution in [0, 0.1) is 0 Å². The molecule has 18 heavy (non-hydrogen) atoms. The Bertz CT molecular complexity index is 411. The first-order chi connectivity index (χ1) is 8.65. The molecule has 0 unspecified atom stereocenters. The van der Waals surface area contributed by atoms with Gasteiger partial charge in [-0.2, -0.15) is 0 Å². The summed E-state index contributed by atoms with van der Waals surface area (Å²) in [6.07, 6.45) is 3.24. The quantitative estimate of drug-likeness (QED) is 0.830. The zero-order chi connectivity index (χ0) is 13.0. The molecule has 1 heterocycles. The molecule has 0 saturated carbocycles. The average Bonchev–Trinajstić information content (AvgIpc) is 2.55. The van der Waals surface area contributed by atoms with Gasteiger partial charge in [0, 0.05) is 28.8 Å². The van der Waals surface area contributed by atoms with E-state index >= 15 is 0 Å². The summed E-state index contributed by atoms with van der Waals surface area (Å²) in [5, 5.41) is 5.38. The second-order valence-electron chi connectivity index (χ2n) is 4.21. The van der Waals surface area contributed by atoms with Gasteiger partial charge < -0.3 is 5.32 Å². The predicted octanol–water partition coefficient (Wildman–Crippen LogP) is 3.52. The molecule has 2 amide bonds. The van der Waals surface area contributed by atoms with Gasteiger partial charge in [0.15, 0.2) is 0 Å². The summed E-state index contributed by atoms with van der Waals surface area (Å²) in [6.45, 7) is 1.53. The summed E-state index contributed by atoms with van der Waals surface area (Å²) in [5.74, 6) is 0. The van der Waals surface area contributed by atoms with Crippen molar-refractivity contribution in [2.45, 2.75) is 19.3 Å². The largest absolute Gasteiger partial charge is 0.336 e. The fourth-order valence-electron chi connectivity index (χ4n) is 1.86. The molecule has 0 aliphatic carbocycles. The number of anilines is 1. The maximum atomic E-state index is 12.0. The molecule has 1 aliphatic heterocycles. The Hall–Kier alpha value is -0.970. The molecule has 1 fully saturated rings. The Morgan fingerprint density at radius 3 is 2.61 bits per heavy atom. The smallest absolute Gasteiger partial charge is 0.307 e. The van der Waals surface area contributed by atoms with Crippen LogP contribution in [0.3, 0.4) is 0 Å². The standard InChI is InChI=1S/C12H15Cl2N3O/c13-9-6-10(14)8-11(7-9)16-12(18)17-5-3-1-2-4-15-17/h6-8,15H,1-5H2,(H,16,18). The lowest BCUT2D eigenvalue weighted by Gasteiger charge is -2.21. The molecule has 1 saturated heterocycles. The van der Waals surface area contributed by atoms with Gasteiger partial charge in [-0.1, -0.05) is 29.6 Å². The van der Waals surface area contributed by atoms with E-state index < -0.39 is 0 Å². The van der Waals surface area contributed by atoms with Crippen molar-refractivity contribution in [3.8, 4) is 0 Å². The van der Waals surface area contributed by atoms with E-state index in [2.05, 4.69) is 10.7 Å². The van der Waals surface area contributed by atoms with Crippen LogP contribution in [0.5, 0.6) is 0 Å². The maximum Gasteiger partial charge on any atom is 0.336 e. The third kappa shape index (κ3) is 3.77. The van der Waals surface area contributed by atoms with Crippen LogP contribution in [0.25, 0.3) is 0 Å². The van der Waals surface area contributed by atoms with Gasteiger partial charge in [-0.15, -0.1) is 0 Å². The summed E-state index contributed by atoms with van der Waals surface area (Å²) in [7, 11) is 0. The van der Waals surface area contributed by atoms with Crippen LogP contribution in [0.1, 0.15) is 19.3 Å². The normalized spacial score (nSPS) is 16.2. The Morgan fingerprint density at radius 2 is 1.89 bits per heavy atom. The minimum atomic E-state index is -0.185. The Morgan fingerprint density at radius 1 is 1.17 bits per heavy atom. The second kappa shape index (κ2) is 6.27. The average molecular weight is 288 g/mol. The van der Waals surface area contributed by atoms with Gasteiger partial charge >= 0.3 is 6.03 Å². The Kier molecular flexibility index (Phi) is 4.69. The van der Waals surface area contributed by atoms with Crippen LogP contribution in [0.15, 0.2) is 18.2 Å². The number of rotatable bonds is 1. The van der Waals surface area contributed by atoms with Gasteiger partial charge in [0.25, 0.3) is 0 Å². The lowest BCUT2D eigenvalue weighted by Crippen LogP contribution is -2.44. The second-order valence-corrected chi connectivity index (χ2v) is 5.08. The third-order valence-electron chi connectivity index (χ3n) is 2.72. The molecule has 4 nitrogen and oxygen atoms in total. The first-order valence-electron chi connectivity index (χ1n) is 5.93. The number of nitrogens with one attached hydrogen (secondary N) is 2. The van der Waals surface area contributed by atoms with Crippen LogP contribution in [-0.4, -0.2) is 24.1 Å². The van der Waals surface area contributed by atoms with Gasteiger partial charge in [0.2, 0.25) is 0 Å². The van der Waals surface area contributed by atoms with Crippen molar-refractivity contribution in [1.82, 2.24) is 10.4 Å². The van der Waals surface area contributed by atoms with Gasteiger partial charge in [0.1, 0.15) is 0 Å². The fraction of sp³-hybridized carbons (Fsp3) is 0.417. The number of benzene rings is 1. The first kappa shape index (κ1) is 13.5. The molecule has 2 rings (SSSR count). The summed E-state index contributed by atoms with van der Waals surface area (Å²) in [4.78, 5) is 12.0. The molecule has 2 N–H and O–H groups in total. The number of amides is 2. The van der Waals surface area contributed by atoms with E-state index in [9.17, 15) is 4.79 Å². The molecular weight excluding hydrogens is 273 g/mol. The molecule has 1 aliphatic rings. The number of hydrogen-bond acceptors (Lipinski definition) is 2. The van der Waals surface area contributed by atoms with E-state index in [0.29, 0.717) is 22.3 Å². The number of carbonyl (C=O) groups is 1. The summed E-state index contributed by atoms with van der Waals surface area (Å²) in [6, 6.07) is 4.78. The molecule has 1 aromatic carbocycles. The van der Waals surface area contributed by atoms with E-state index in [1.165, 1.54) is 0 Å². The minimum absolute atomic E-state index is 0.185. The molecule has 1 aromatic rings. The highest BCUT2D eigenvalue weighted by Gasteiger charge is 2.15. The highest BCUT2D eigenvalue weighted by Crippen LogP contribution is 2.22. The van der Waals surface area contributed by atoms with E-state index in [4.69, 9.17) is 23.2 Å². The monoisotopic (exact) mass is 287 g/mol. The van der Waals surface area contributed by atoms with Crippen molar-refractivity contribution >= 4 is 34.9 Å².